The molecular formula is C20H33N5O3S. The minimum Gasteiger partial charge on any atom is -0.338 e. The third-order valence-electron chi connectivity index (χ3n) is 6.06. The average Bonchev–Trinajstić information content (AvgIpc) is 2.74. The number of hydrogen-bond donors (Lipinski definition) is 0. The van der Waals surface area contributed by atoms with E-state index in [9.17, 15) is 13.2 Å². The summed E-state index contributed by atoms with van der Waals surface area (Å²) >= 11 is 0. The van der Waals surface area contributed by atoms with Crippen molar-refractivity contribution in [3.05, 3.63) is 35.9 Å². The largest absolute Gasteiger partial charge is 0.338 e. The lowest BCUT2D eigenvalue weighted by Crippen LogP contribution is -2.57. The van der Waals surface area contributed by atoms with Crippen LogP contribution in [0.5, 0.6) is 0 Å². The van der Waals surface area contributed by atoms with Crippen LogP contribution in [-0.4, -0.2) is 111 Å². The zero-order valence-electron chi connectivity index (χ0n) is 17.7. The molecule has 0 radical (unpaired) electrons. The fourth-order valence-electron chi connectivity index (χ4n) is 3.77. The van der Waals surface area contributed by atoms with Gasteiger partial charge in [-0.05, 0) is 19.5 Å². The lowest BCUT2D eigenvalue weighted by Gasteiger charge is -2.39. The Bertz CT molecular complexity index is 773. The number of likely N-dealkylation sites (N-methyl/N-ethyl adjacent to an activating group) is 2. The number of rotatable bonds is 6. The molecule has 1 amide bonds. The zero-order valence-corrected chi connectivity index (χ0v) is 18.5. The van der Waals surface area contributed by atoms with Crippen LogP contribution in [0.4, 0.5) is 0 Å². The predicted molar refractivity (Wildman–Crippen MR) is 114 cm³/mol. The Morgan fingerprint density at radius 2 is 1.48 bits per heavy atom. The summed E-state index contributed by atoms with van der Waals surface area (Å²) in [6.07, 6.45) is 0. The molecule has 162 valence electrons. The number of carbonyl (C=O) groups is 1. The van der Waals surface area contributed by atoms with Crippen LogP contribution in [0, 0.1) is 0 Å². The average molecular weight is 424 g/mol. The highest BCUT2D eigenvalue weighted by molar-refractivity contribution is 7.86. The van der Waals surface area contributed by atoms with Crippen molar-refractivity contribution >= 4 is 16.1 Å². The maximum Gasteiger partial charge on any atom is 0.282 e. The van der Waals surface area contributed by atoms with E-state index >= 15 is 0 Å². The smallest absolute Gasteiger partial charge is 0.282 e. The van der Waals surface area contributed by atoms with E-state index in [1.54, 1.807) is 13.5 Å². The van der Waals surface area contributed by atoms with Crippen molar-refractivity contribution in [2.24, 2.45) is 0 Å². The van der Waals surface area contributed by atoms with Gasteiger partial charge in [0, 0.05) is 59.4 Å². The summed E-state index contributed by atoms with van der Waals surface area (Å²) in [4.78, 5) is 18.7. The maximum absolute atomic E-state index is 12.9. The molecule has 9 heteroatoms. The monoisotopic (exact) mass is 423 g/mol. The Hall–Kier alpha value is -1.52. The van der Waals surface area contributed by atoms with Gasteiger partial charge in [-0.3, -0.25) is 9.69 Å². The highest BCUT2D eigenvalue weighted by Crippen LogP contribution is 2.19. The summed E-state index contributed by atoms with van der Waals surface area (Å²) in [7, 11) is 0.429. The number of hydrogen-bond acceptors (Lipinski definition) is 5. The van der Waals surface area contributed by atoms with E-state index in [2.05, 4.69) is 4.90 Å². The van der Waals surface area contributed by atoms with E-state index in [0.717, 1.165) is 18.7 Å². The number of amides is 1. The molecule has 0 N–H and O–H groups in total. The molecule has 2 heterocycles. The van der Waals surface area contributed by atoms with Crippen LogP contribution >= 0.6 is 0 Å². The van der Waals surface area contributed by atoms with Crippen molar-refractivity contribution in [1.82, 2.24) is 23.3 Å². The lowest BCUT2D eigenvalue weighted by molar-refractivity contribution is -0.133. The van der Waals surface area contributed by atoms with Crippen molar-refractivity contribution in [2.75, 3.05) is 73.0 Å². The topological polar surface area (TPSA) is 67.4 Å². The van der Waals surface area contributed by atoms with E-state index in [0.29, 0.717) is 45.8 Å². The molecule has 1 aromatic carbocycles. The Morgan fingerprint density at radius 3 is 2.03 bits per heavy atom. The van der Waals surface area contributed by atoms with E-state index < -0.39 is 10.2 Å². The first kappa shape index (κ1) is 22.2. The zero-order chi connectivity index (χ0) is 21.0. The van der Waals surface area contributed by atoms with Gasteiger partial charge in [-0.2, -0.15) is 17.0 Å². The Balaban J connectivity index is 1.49. The highest BCUT2D eigenvalue weighted by atomic mass is 32.2. The standard InChI is InChI=1S/C20H33N5O3S/c1-18(19-7-5-4-6-8-19)22(3)20(26)17-23-11-15-25(16-12-23)29(27,28)24-13-9-21(2)10-14-24/h4-8,18H,9-17H2,1-3H3. The van der Waals surface area contributed by atoms with Crippen LogP contribution in [0.2, 0.25) is 0 Å². The molecule has 1 aromatic rings. The van der Waals surface area contributed by atoms with Gasteiger partial charge in [-0.25, -0.2) is 0 Å². The summed E-state index contributed by atoms with van der Waals surface area (Å²) in [5.41, 5.74) is 1.10. The van der Waals surface area contributed by atoms with Crippen LogP contribution < -0.4 is 0 Å². The van der Waals surface area contributed by atoms with Gasteiger partial charge < -0.3 is 9.80 Å². The van der Waals surface area contributed by atoms with Gasteiger partial charge in [0.2, 0.25) is 5.91 Å². The summed E-state index contributed by atoms with van der Waals surface area (Å²) in [5, 5.41) is 0. The molecule has 2 aliphatic rings. The van der Waals surface area contributed by atoms with Gasteiger partial charge >= 0.3 is 0 Å². The highest BCUT2D eigenvalue weighted by Gasteiger charge is 2.34. The van der Waals surface area contributed by atoms with Crippen LogP contribution in [-0.2, 0) is 15.0 Å². The molecule has 0 bridgehead atoms. The van der Waals surface area contributed by atoms with Gasteiger partial charge in [0.05, 0.1) is 12.6 Å². The first-order valence-electron chi connectivity index (χ1n) is 10.3. The van der Waals surface area contributed by atoms with E-state index in [-0.39, 0.29) is 11.9 Å². The van der Waals surface area contributed by atoms with E-state index in [1.165, 1.54) is 0 Å². The number of piperazine rings is 2. The molecule has 0 aromatic heterocycles. The minimum atomic E-state index is -3.41. The van der Waals surface area contributed by atoms with Crippen LogP contribution in [0.15, 0.2) is 30.3 Å². The summed E-state index contributed by atoms with van der Waals surface area (Å²) < 4.78 is 28.9. The molecule has 8 nitrogen and oxygen atoms in total. The lowest BCUT2D eigenvalue weighted by atomic mass is 10.1. The molecule has 0 spiro atoms. The molecule has 0 aliphatic carbocycles. The van der Waals surface area contributed by atoms with Gasteiger partial charge in [-0.1, -0.05) is 30.3 Å². The molecule has 29 heavy (non-hydrogen) atoms. The molecule has 2 saturated heterocycles. The second kappa shape index (κ2) is 9.53. The van der Waals surface area contributed by atoms with Crippen molar-refractivity contribution in [3.8, 4) is 0 Å². The third kappa shape index (κ3) is 5.35. The second-order valence-electron chi connectivity index (χ2n) is 7.98. The first-order valence-corrected chi connectivity index (χ1v) is 11.7. The summed E-state index contributed by atoms with van der Waals surface area (Å²) in [5.74, 6) is 0.0525. The third-order valence-corrected chi connectivity index (χ3v) is 8.10. The fourth-order valence-corrected chi connectivity index (χ4v) is 5.35. The van der Waals surface area contributed by atoms with E-state index in [1.807, 2.05) is 56.3 Å². The van der Waals surface area contributed by atoms with E-state index in [4.69, 9.17) is 0 Å². The van der Waals surface area contributed by atoms with Crippen LogP contribution in [0.3, 0.4) is 0 Å². The number of benzene rings is 1. The molecule has 1 unspecified atom stereocenters. The Kier molecular flexibility index (Phi) is 7.28. The van der Waals surface area contributed by atoms with Crippen molar-refractivity contribution in [1.29, 1.82) is 0 Å². The number of nitrogens with zero attached hydrogens (tertiary/aromatic N) is 5. The normalized spacial score (nSPS) is 21.8. The first-order chi connectivity index (χ1) is 13.8. The molecular weight excluding hydrogens is 390 g/mol. The fraction of sp³-hybridized carbons (Fsp3) is 0.650. The van der Waals surface area contributed by atoms with Gasteiger partial charge in [0.15, 0.2) is 0 Å². The maximum atomic E-state index is 12.9. The van der Waals surface area contributed by atoms with Crippen molar-refractivity contribution < 1.29 is 13.2 Å². The SMILES string of the molecule is CC(c1ccccc1)N(C)C(=O)CN1CCN(S(=O)(=O)N2CCN(C)CC2)CC1. The van der Waals surface area contributed by atoms with Gasteiger partial charge in [-0.15, -0.1) is 0 Å². The van der Waals surface area contributed by atoms with Gasteiger partial charge in [0.25, 0.3) is 10.2 Å². The van der Waals surface area contributed by atoms with Gasteiger partial charge in [0.1, 0.15) is 0 Å². The van der Waals surface area contributed by atoms with Crippen molar-refractivity contribution in [3.63, 3.8) is 0 Å². The predicted octanol–water partition coefficient (Wildman–Crippen LogP) is 0.316. The molecule has 0 saturated carbocycles. The van der Waals surface area contributed by atoms with Crippen LogP contribution in [0.1, 0.15) is 18.5 Å². The minimum absolute atomic E-state index is 0.00241. The number of carbonyl (C=O) groups excluding carboxylic acids is 1. The summed E-state index contributed by atoms with van der Waals surface area (Å²) in [6.45, 7) is 6.96. The van der Waals surface area contributed by atoms with Crippen LogP contribution in [0.25, 0.3) is 0 Å². The second-order valence-corrected chi connectivity index (χ2v) is 9.91. The quantitative estimate of drug-likeness (QED) is 0.659. The molecule has 3 rings (SSSR count). The van der Waals surface area contributed by atoms with Crippen molar-refractivity contribution in [2.45, 2.75) is 13.0 Å². The molecule has 2 aliphatic heterocycles. The Morgan fingerprint density at radius 1 is 0.966 bits per heavy atom. The summed E-state index contributed by atoms with van der Waals surface area (Å²) in [6, 6.07) is 9.97. The molecule has 2 fully saturated rings. The molecule has 1 atom stereocenters. The Labute approximate surface area is 174 Å².